The number of H-pyrrole nitrogens is 1. The Kier molecular flexibility index (Phi) is 3.26. The van der Waals surface area contributed by atoms with Gasteiger partial charge in [-0.2, -0.15) is 0 Å². The van der Waals surface area contributed by atoms with Gasteiger partial charge in [-0.15, -0.1) is 0 Å². The lowest BCUT2D eigenvalue weighted by Crippen LogP contribution is -2.27. The van der Waals surface area contributed by atoms with Gasteiger partial charge in [0.15, 0.2) is 0 Å². The second-order valence-electron chi connectivity index (χ2n) is 5.01. The van der Waals surface area contributed by atoms with E-state index in [1.54, 1.807) is 6.07 Å². The summed E-state index contributed by atoms with van der Waals surface area (Å²) in [4.78, 5) is 32.9. The fraction of sp³-hybridized carbons (Fsp3) is 0.308. The highest BCUT2D eigenvalue weighted by Gasteiger charge is 2.24. The van der Waals surface area contributed by atoms with Crippen LogP contribution in [0.3, 0.4) is 0 Å². The molecule has 0 radical (unpaired) electrons. The third kappa shape index (κ3) is 2.21. The highest BCUT2D eigenvalue weighted by molar-refractivity contribution is 7.60. The van der Waals surface area contributed by atoms with Crippen molar-refractivity contribution in [2.45, 2.75) is 25.7 Å². The normalized spacial score (nSPS) is 15.3. The van der Waals surface area contributed by atoms with Crippen molar-refractivity contribution < 1.29 is 14.4 Å². The molecule has 2 aromatic rings. The Balaban J connectivity index is 2.38. The maximum absolute atomic E-state index is 11.9. The first-order chi connectivity index (χ1) is 9.38. The molecule has 0 unspecified atom stereocenters. The topological polar surface area (TPSA) is 90.4 Å². The van der Waals surface area contributed by atoms with Gasteiger partial charge in [-0.05, 0) is 48.9 Å². The van der Waals surface area contributed by atoms with Crippen LogP contribution >= 0.6 is 19.2 Å². The van der Waals surface area contributed by atoms with Gasteiger partial charge in [0.1, 0.15) is 5.30 Å². The van der Waals surface area contributed by atoms with Crippen LogP contribution in [-0.2, 0) is 17.4 Å². The van der Waals surface area contributed by atoms with Gasteiger partial charge in [0, 0.05) is 10.4 Å². The van der Waals surface area contributed by atoms with Gasteiger partial charge in [0.25, 0.3) is 5.56 Å². The third-order valence-electron chi connectivity index (χ3n) is 3.71. The van der Waals surface area contributed by atoms with E-state index in [1.807, 2.05) is 0 Å². The fourth-order valence-electron chi connectivity index (χ4n) is 2.78. The minimum Gasteiger partial charge on any atom is -0.321 e. The summed E-state index contributed by atoms with van der Waals surface area (Å²) >= 11 is 6.24. The minimum atomic E-state index is -4.59. The quantitative estimate of drug-likeness (QED) is 0.701. The number of halogens is 1. The molecule has 0 bridgehead atoms. The number of fused-ring (bicyclic) bond motifs is 3. The second kappa shape index (κ2) is 4.71. The zero-order chi connectivity index (χ0) is 14.5. The zero-order valence-corrected chi connectivity index (χ0v) is 12.2. The van der Waals surface area contributed by atoms with Gasteiger partial charge in [0.2, 0.25) is 0 Å². The van der Waals surface area contributed by atoms with Crippen molar-refractivity contribution in [3.8, 4) is 0 Å². The minimum absolute atomic E-state index is 0.517. The highest BCUT2D eigenvalue weighted by atomic mass is 35.5. The second-order valence-corrected chi connectivity index (χ2v) is 6.99. The molecular weight excluding hydrogens is 301 g/mol. The van der Waals surface area contributed by atoms with Crippen molar-refractivity contribution in [1.82, 2.24) is 4.98 Å². The van der Waals surface area contributed by atoms with E-state index in [0.29, 0.717) is 15.9 Å². The number of aryl methyl sites for hydroxylation is 1. The Bertz CT molecular complexity index is 808. The number of aromatic nitrogens is 1. The average molecular weight is 314 g/mol. The van der Waals surface area contributed by atoms with Crippen molar-refractivity contribution >= 4 is 35.4 Å². The molecule has 1 aliphatic carbocycles. The molecule has 1 aliphatic rings. The number of nitrogens with one attached hydrogen (secondary N) is 1. The molecule has 0 atom stereocenters. The number of benzene rings is 1. The Labute approximate surface area is 119 Å². The van der Waals surface area contributed by atoms with Crippen molar-refractivity contribution in [2.24, 2.45) is 0 Å². The van der Waals surface area contributed by atoms with Crippen LogP contribution in [0.1, 0.15) is 24.0 Å². The van der Waals surface area contributed by atoms with Crippen LogP contribution in [0.4, 0.5) is 0 Å². The molecule has 0 spiro atoms. The summed E-state index contributed by atoms with van der Waals surface area (Å²) in [5.74, 6) is 0. The molecule has 106 valence electrons. The van der Waals surface area contributed by atoms with Gasteiger partial charge in [0.05, 0.1) is 5.52 Å². The Morgan fingerprint density at radius 1 is 1.15 bits per heavy atom. The average Bonchev–Trinajstić information content (AvgIpc) is 2.38. The molecule has 0 fully saturated rings. The lowest BCUT2D eigenvalue weighted by molar-refractivity contribution is 0.387. The van der Waals surface area contributed by atoms with Gasteiger partial charge < -0.3 is 14.8 Å². The Morgan fingerprint density at radius 3 is 2.45 bits per heavy atom. The molecule has 3 rings (SSSR count). The summed E-state index contributed by atoms with van der Waals surface area (Å²) < 4.78 is 11.3. The smallest absolute Gasteiger partial charge is 0.321 e. The van der Waals surface area contributed by atoms with E-state index in [9.17, 15) is 19.1 Å². The molecule has 0 amide bonds. The van der Waals surface area contributed by atoms with Gasteiger partial charge in [-0.1, -0.05) is 11.6 Å². The Morgan fingerprint density at radius 2 is 1.80 bits per heavy atom. The molecule has 0 saturated heterocycles. The third-order valence-corrected chi connectivity index (χ3v) is 5.00. The molecule has 7 heteroatoms. The van der Waals surface area contributed by atoms with E-state index in [1.165, 1.54) is 6.07 Å². The number of rotatable bonds is 1. The molecule has 1 aromatic carbocycles. The highest BCUT2D eigenvalue weighted by Crippen LogP contribution is 2.36. The van der Waals surface area contributed by atoms with Crippen LogP contribution in [0, 0.1) is 0 Å². The van der Waals surface area contributed by atoms with Crippen molar-refractivity contribution in [2.75, 3.05) is 0 Å². The lowest BCUT2D eigenvalue weighted by atomic mass is 9.89. The summed E-state index contributed by atoms with van der Waals surface area (Å²) in [5.41, 5.74) is 1.94. The lowest BCUT2D eigenvalue weighted by Gasteiger charge is -2.19. The monoisotopic (exact) mass is 313 g/mol. The van der Waals surface area contributed by atoms with E-state index in [2.05, 4.69) is 4.98 Å². The van der Waals surface area contributed by atoms with Crippen LogP contribution in [-0.4, -0.2) is 14.8 Å². The number of pyridine rings is 1. The van der Waals surface area contributed by atoms with E-state index < -0.39 is 18.5 Å². The van der Waals surface area contributed by atoms with Crippen LogP contribution in [0.2, 0.25) is 5.02 Å². The van der Waals surface area contributed by atoms with E-state index in [-0.39, 0.29) is 0 Å². The molecule has 20 heavy (non-hydrogen) atoms. The van der Waals surface area contributed by atoms with Crippen LogP contribution in [0.25, 0.3) is 10.9 Å². The van der Waals surface area contributed by atoms with Crippen LogP contribution < -0.4 is 10.9 Å². The fourth-order valence-corrected chi connectivity index (χ4v) is 3.74. The number of aromatic amines is 1. The van der Waals surface area contributed by atoms with Crippen molar-refractivity contribution in [1.29, 1.82) is 0 Å². The van der Waals surface area contributed by atoms with Gasteiger partial charge in [-0.3, -0.25) is 9.36 Å². The zero-order valence-electron chi connectivity index (χ0n) is 10.5. The van der Waals surface area contributed by atoms with Crippen LogP contribution in [0.15, 0.2) is 16.9 Å². The maximum Gasteiger partial charge on any atom is 0.361 e. The molecule has 0 saturated carbocycles. The standard InChI is InChI=1S/C13H13ClNO4P/c14-10-5-7-6-11(20(17,18)19)13(16)15-12(7)9-4-2-1-3-8(9)10/h5-6H,1-4H2,(H,15,16)(H2,17,18,19). The maximum atomic E-state index is 11.9. The summed E-state index contributed by atoms with van der Waals surface area (Å²) in [7, 11) is -4.59. The summed E-state index contributed by atoms with van der Waals surface area (Å²) in [6.45, 7) is 0. The van der Waals surface area contributed by atoms with Crippen molar-refractivity contribution in [3.63, 3.8) is 0 Å². The molecular formula is C13H13ClNO4P. The van der Waals surface area contributed by atoms with E-state index in [0.717, 1.165) is 36.8 Å². The predicted molar refractivity (Wildman–Crippen MR) is 77.9 cm³/mol. The Hall–Kier alpha value is -1.13. The largest absolute Gasteiger partial charge is 0.361 e. The first-order valence-electron chi connectivity index (χ1n) is 6.31. The summed E-state index contributed by atoms with van der Waals surface area (Å²) in [6, 6.07) is 2.91. The summed E-state index contributed by atoms with van der Waals surface area (Å²) in [5, 5.41) is 0.640. The number of hydrogen-bond acceptors (Lipinski definition) is 2. The van der Waals surface area contributed by atoms with Gasteiger partial charge in [-0.25, -0.2) is 0 Å². The van der Waals surface area contributed by atoms with E-state index in [4.69, 9.17) is 11.6 Å². The molecule has 5 nitrogen and oxygen atoms in total. The van der Waals surface area contributed by atoms with E-state index >= 15 is 0 Å². The molecule has 3 N–H and O–H groups in total. The van der Waals surface area contributed by atoms with Crippen LogP contribution in [0.5, 0.6) is 0 Å². The summed E-state index contributed by atoms with van der Waals surface area (Å²) in [6.07, 6.45) is 3.76. The molecule has 1 aromatic heterocycles. The van der Waals surface area contributed by atoms with Crippen molar-refractivity contribution in [3.05, 3.63) is 38.6 Å². The molecule has 0 aliphatic heterocycles. The first kappa shape index (κ1) is 13.8. The van der Waals surface area contributed by atoms with Gasteiger partial charge >= 0.3 is 7.60 Å². The SMILES string of the molecule is O=c1[nH]c2c3c(c(Cl)cc2cc1P(=O)(O)O)CCCC3. The predicted octanol–water partition coefficient (Wildman–Crippen LogP) is 1.86. The molecule has 1 heterocycles. The number of hydrogen-bond donors (Lipinski definition) is 3. The first-order valence-corrected chi connectivity index (χ1v) is 8.30.